The molecule has 23 heteroatoms. The van der Waals surface area contributed by atoms with Crippen molar-refractivity contribution in [2.24, 2.45) is 21.1 Å². The smallest absolute Gasteiger partial charge is 0.409 e. The van der Waals surface area contributed by atoms with Crippen LogP contribution in [0.4, 0.5) is 27.0 Å². The lowest BCUT2D eigenvalue weighted by Gasteiger charge is -2.44. The normalized spacial score (nSPS) is 15.0. The number of benzene rings is 3. The first-order chi connectivity index (χ1) is 39.0. The van der Waals surface area contributed by atoms with Gasteiger partial charge in [0.2, 0.25) is 5.91 Å². The van der Waals surface area contributed by atoms with E-state index in [9.17, 15) is 14.4 Å². The van der Waals surface area contributed by atoms with Crippen LogP contribution in [-0.2, 0) is 30.7 Å². The molecule has 0 aliphatic carbocycles. The molecule has 3 saturated heterocycles. The average molecular weight is 1170 g/mol. The number of likely N-dealkylation sites (N-methyl/N-ethyl adjacent to an activating group) is 2. The molecular weight excluding hydrogens is 1100 g/mol. The maximum atomic E-state index is 11.7. The third-order valence-corrected chi connectivity index (χ3v) is 16.2. The van der Waals surface area contributed by atoms with E-state index in [1.165, 1.54) is 7.11 Å². The van der Waals surface area contributed by atoms with Crippen molar-refractivity contribution >= 4 is 103 Å². The van der Waals surface area contributed by atoms with Crippen LogP contribution < -0.4 is 25.3 Å². The molecule has 428 valence electrons. The number of aromatic nitrogens is 9. The van der Waals surface area contributed by atoms with Crippen LogP contribution in [0.1, 0.15) is 27.2 Å². The van der Waals surface area contributed by atoms with Crippen molar-refractivity contribution in [3.05, 3.63) is 125 Å². The molecule has 3 aliphatic heterocycles. The maximum Gasteiger partial charge on any atom is 0.409 e. The number of urea groups is 1. The predicted octanol–water partition coefficient (Wildman–Crippen LogP) is 9.95. The van der Waals surface area contributed by atoms with Gasteiger partial charge < -0.3 is 53.6 Å². The van der Waals surface area contributed by atoms with Gasteiger partial charge in [0.15, 0.2) is 0 Å². The lowest BCUT2D eigenvalue weighted by atomic mass is 10.1. The van der Waals surface area contributed by atoms with Crippen LogP contribution in [0.2, 0.25) is 15.1 Å². The molecule has 4 amide bonds. The molecule has 0 bridgehead atoms. The van der Waals surface area contributed by atoms with E-state index in [0.717, 1.165) is 117 Å². The highest BCUT2D eigenvalue weighted by Crippen LogP contribution is 2.36. The average Bonchev–Trinajstić information content (AvgIpc) is 3.73. The molecule has 3 aliphatic rings. The Kier molecular flexibility index (Phi) is 17.7. The number of imidazole rings is 3. The van der Waals surface area contributed by atoms with E-state index in [1.807, 2.05) is 128 Å². The van der Waals surface area contributed by atoms with Gasteiger partial charge in [-0.2, -0.15) is 0 Å². The van der Waals surface area contributed by atoms with Crippen molar-refractivity contribution in [2.45, 2.75) is 45.3 Å². The Morgan fingerprint density at radius 1 is 0.598 bits per heavy atom. The van der Waals surface area contributed by atoms with Crippen LogP contribution >= 0.6 is 34.8 Å². The number of ether oxygens (including phenoxy) is 1. The third-order valence-electron chi connectivity index (χ3n) is 15.3. The first-order valence-electron chi connectivity index (χ1n) is 26.6. The van der Waals surface area contributed by atoms with E-state index in [-0.39, 0.29) is 43.6 Å². The van der Waals surface area contributed by atoms with Crippen molar-refractivity contribution in [3.8, 4) is 34.2 Å². The molecule has 0 saturated carbocycles. The van der Waals surface area contributed by atoms with Crippen LogP contribution in [0.25, 0.3) is 67.3 Å². The van der Waals surface area contributed by atoms with Gasteiger partial charge in [-0.25, -0.2) is 39.5 Å². The molecule has 9 aromatic rings. The Morgan fingerprint density at radius 2 is 0.976 bits per heavy atom. The molecule has 6 aromatic heterocycles. The van der Waals surface area contributed by atoms with E-state index >= 15 is 0 Å². The Hall–Kier alpha value is -8.20. The molecule has 1 unspecified atom stereocenters. The lowest BCUT2D eigenvalue weighted by molar-refractivity contribution is -0.121. The summed E-state index contributed by atoms with van der Waals surface area (Å²) in [5.74, 6) is 5.03. The Bertz CT molecular complexity index is 3630. The van der Waals surface area contributed by atoms with E-state index < -0.39 is 0 Å². The number of halogens is 3. The summed E-state index contributed by atoms with van der Waals surface area (Å²) in [6.45, 7) is 6.34. The number of para-hydroxylation sites is 6. The second kappa shape index (κ2) is 24.9. The highest BCUT2D eigenvalue weighted by molar-refractivity contribution is 6.34. The monoisotopic (exact) mass is 1170 g/mol. The molecule has 0 radical (unpaired) electrons. The van der Waals surface area contributed by atoms with Gasteiger partial charge in [-0.1, -0.05) is 85.6 Å². The zero-order chi connectivity index (χ0) is 57.2. The first kappa shape index (κ1) is 58.5. The first-order valence-corrected chi connectivity index (χ1v) is 27.7. The maximum absolute atomic E-state index is 11.7. The van der Waals surface area contributed by atoms with E-state index in [1.54, 1.807) is 49.5 Å². The zero-order valence-electron chi connectivity index (χ0n) is 46.3. The van der Waals surface area contributed by atoms with Gasteiger partial charge in [-0.15, -0.1) is 0 Å². The van der Waals surface area contributed by atoms with Gasteiger partial charge in [-0.3, -0.25) is 4.79 Å². The molecule has 1 atom stereocenters. The molecule has 0 spiro atoms. The van der Waals surface area contributed by atoms with Crippen LogP contribution in [0.3, 0.4) is 0 Å². The lowest BCUT2D eigenvalue weighted by Crippen LogP contribution is -2.61. The highest BCUT2D eigenvalue weighted by atomic mass is 35.5. The predicted molar refractivity (Wildman–Crippen MR) is 327 cm³/mol. The van der Waals surface area contributed by atoms with E-state index in [0.29, 0.717) is 34.6 Å². The molecule has 3 fully saturated rings. The van der Waals surface area contributed by atoms with Crippen LogP contribution in [0.15, 0.2) is 110 Å². The number of pyridine rings is 3. The number of aryl methyl sites for hydroxylation is 3. The van der Waals surface area contributed by atoms with Crippen LogP contribution in [0, 0.1) is 0 Å². The van der Waals surface area contributed by atoms with Gasteiger partial charge >= 0.3 is 12.1 Å². The van der Waals surface area contributed by atoms with E-state index in [2.05, 4.69) is 44.9 Å². The molecule has 9 heterocycles. The Labute approximate surface area is 491 Å². The van der Waals surface area contributed by atoms with Crippen molar-refractivity contribution in [1.82, 2.24) is 64.0 Å². The second-order valence-corrected chi connectivity index (χ2v) is 21.5. The van der Waals surface area contributed by atoms with Gasteiger partial charge in [0.05, 0.1) is 67.4 Å². The van der Waals surface area contributed by atoms with Crippen molar-refractivity contribution in [2.75, 3.05) is 82.2 Å². The summed E-state index contributed by atoms with van der Waals surface area (Å²) in [5.41, 5.74) is 8.51. The minimum absolute atomic E-state index is 0. The molecule has 20 nitrogen and oxygen atoms in total. The minimum atomic E-state index is -0.330. The van der Waals surface area contributed by atoms with Crippen molar-refractivity contribution in [3.63, 3.8) is 0 Å². The zero-order valence-corrected chi connectivity index (χ0v) is 48.6. The summed E-state index contributed by atoms with van der Waals surface area (Å²) in [4.78, 5) is 72.4. The number of hydrogen-bond acceptors (Lipinski definition) is 13. The number of rotatable bonds is 10. The summed E-state index contributed by atoms with van der Waals surface area (Å²) in [6.07, 6.45) is 6.10. The van der Waals surface area contributed by atoms with Crippen molar-refractivity contribution < 1.29 is 19.1 Å². The largest absolute Gasteiger partial charge is 0.453 e. The number of hydrogen-bond donors (Lipinski definition) is 2. The molecule has 2 N–H and O–H groups in total. The fourth-order valence-corrected chi connectivity index (χ4v) is 10.9. The Morgan fingerprint density at radius 3 is 1.34 bits per heavy atom. The number of anilines is 3. The van der Waals surface area contributed by atoms with Gasteiger partial charge in [0, 0.05) is 129 Å². The Balaban J connectivity index is 0.000000147. The summed E-state index contributed by atoms with van der Waals surface area (Å²) >= 11 is 19.3. The summed E-state index contributed by atoms with van der Waals surface area (Å²) in [7, 11) is 12.5. The SMILES string of the molecule is C.CCC(=O)NC1CCN(c2cc(-c3nc4ccccc4n3C)c(Cl)cn2)C1.CNC(=O)N(C)C1CN(c2cc(-c3nc4ccccc4n3C)c(Cl)cn2)C1.COC(=O)N(C)C1CN(c2cc(-c3nc4ccccc4n3C)c(Cl)cn2)C1. The number of fused-ring (bicyclic) bond motifs is 3. The molecular formula is C59H67Cl3N16O4. The highest BCUT2D eigenvalue weighted by Gasteiger charge is 2.35. The molecule has 82 heavy (non-hydrogen) atoms. The topological polar surface area (TPSA) is 193 Å². The van der Waals surface area contributed by atoms with Crippen molar-refractivity contribution in [1.29, 1.82) is 0 Å². The molecule has 12 rings (SSSR count). The number of amides is 4. The van der Waals surface area contributed by atoms with Crippen LogP contribution in [0.5, 0.6) is 0 Å². The standard InChI is InChI=1S/C20H22ClN5O.C19H21ClN6O.C19H20ClN5O2.CH4/c1-3-19(27)23-13-8-9-26(12-13)18-10-14(15(21)11-22-18)20-24-16-6-4-5-7-17(16)25(20)2;1-21-19(27)24(2)12-10-26(11-12)17-8-13(14(20)9-22-17)18-23-15-6-4-5-7-16(15)25(18)3;1-23(19(26)27-3)12-10-25(11-12)17-8-13(14(20)9-21-17)18-22-15-6-4-5-7-16(15)24(18)2;/h4-7,10-11,13H,3,8-9,12H2,1-2H3,(H,23,27);4-9,12H,10-11H2,1-3H3,(H,21,27);4-9,12H,10-11H2,1-3H3;1H4. The minimum Gasteiger partial charge on any atom is -0.453 e. The van der Waals surface area contributed by atoms with Gasteiger partial charge in [0.1, 0.15) is 34.9 Å². The fourth-order valence-electron chi connectivity index (χ4n) is 10.3. The van der Waals surface area contributed by atoms with Gasteiger partial charge in [0.25, 0.3) is 0 Å². The van der Waals surface area contributed by atoms with Crippen LogP contribution in [-0.4, -0.2) is 157 Å². The summed E-state index contributed by atoms with van der Waals surface area (Å²) in [5, 5.41) is 7.41. The molecule has 3 aromatic carbocycles. The number of carbonyl (C=O) groups is 3. The van der Waals surface area contributed by atoms with Gasteiger partial charge in [-0.05, 0) is 61.0 Å². The number of carbonyl (C=O) groups excluding carboxylic acids is 3. The second-order valence-electron chi connectivity index (χ2n) is 20.2. The van der Waals surface area contributed by atoms with E-state index in [4.69, 9.17) is 54.5 Å². The number of nitrogens with one attached hydrogen (secondary N) is 2. The summed E-state index contributed by atoms with van der Waals surface area (Å²) in [6, 6.07) is 30.3. The fraction of sp³-hybridized carbons (Fsp3) is 0.339. The number of nitrogens with zero attached hydrogens (tertiary/aromatic N) is 14. The third kappa shape index (κ3) is 11.8. The summed E-state index contributed by atoms with van der Waals surface area (Å²) < 4.78 is 10.9. The number of methoxy groups -OCH3 is 1. The quantitative estimate of drug-likeness (QED) is 0.132.